The van der Waals surface area contributed by atoms with Crippen LogP contribution in [0.3, 0.4) is 0 Å². The maximum atomic E-state index is 11.9. The summed E-state index contributed by atoms with van der Waals surface area (Å²) in [6.45, 7) is 8.50. The van der Waals surface area contributed by atoms with Crippen LogP contribution in [0.1, 0.15) is 47.0 Å². The van der Waals surface area contributed by atoms with Crippen molar-refractivity contribution >= 4 is 5.78 Å². The van der Waals surface area contributed by atoms with E-state index in [1.165, 1.54) is 5.57 Å². The predicted octanol–water partition coefficient (Wildman–Crippen LogP) is 2.71. The molecule has 3 aliphatic carbocycles. The van der Waals surface area contributed by atoms with Gasteiger partial charge in [0.25, 0.3) is 0 Å². The van der Waals surface area contributed by atoms with Crippen molar-refractivity contribution in [2.24, 2.45) is 23.2 Å². The molecule has 17 heavy (non-hydrogen) atoms. The van der Waals surface area contributed by atoms with E-state index in [0.717, 1.165) is 18.4 Å². The molecule has 2 fully saturated rings. The first-order valence-electron chi connectivity index (χ1n) is 6.73. The normalized spacial score (nSPS) is 47.6. The molecule has 0 unspecified atom stereocenters. The number of rotatable bonds is 0. The molecular weight excluding hydrogens is 212 g/mol. The molecule has 0 radical (unpaired) electrons. The van der Waals surface area contributed by atoms with Crippen molar-refractivity contribution in [2.45, 2.75) is 52.6 Å². The van der Waals surface area contributed by atoms with Crippen molar-refractivity contribution in [1.82, 2.24) is 0 Å². The third-order valence-corrected chi connectivity index (χ3v) is 5.71. The molecule has 0 aromatic heterocycles. The number of ketones is 1. The Labute approximate surface area is 103 Å². The number of aliphatic hydroxyl groups is 1. The van der Waals surface area contributed by atoms with E-state index in [9.17, 15) is 9.90 Å². The summed E-state index contributed by atoms with van der Waals surface area (Å²) < 4.78 is 0. The topological polar surface area (TPSA) is 37.3 Å². The van der Waals surface area contributed by atoms with Gasteiger partial charge in [-0.3, -0.25) is 4.79 Å². The molecule has 2 saturated carbocycles. The van der Waals surface area contributed by atoms with Crippen LogP contribution in [-0.4, -0.2) is 16.5 Å². The first-order chi connectivity index (χ1) is 7.77. The molecule has 94 valence electrons. The van der Waals surface area contributed by atoms with Crippen molar-refractivity contribution in [3.63, 3.8) is 0 Å². The van der Waals surface area contributed by atoms with Crippen LogP contribution in [0.2, 0.25) is 0 Å². The maximum absolute atomic E-state index is 11.9. The first kappa shape index (κ1) is 11.5. The number of fused-ring (bicyclic) bond motifs is 3. The minimum Gasteiger partial charge on any atom is -0.390 e. The van der Waals surface area contributed by atoms with Gasteiger partial charge in [-0.2, -0.15) is 0 Å². The molecule has 0 spiro atoms. The van der Waals surface area contributed by atoms with E-state index in [-0.39, 0.29) is 11.7 Å². The van der Waals surface area contributed by atoms with Crippen LogP contribution >= 0.6 is 0 Å². The molecule has 0 saturated heterocycles. The van der Waals surface area contributed by atoms with E-state index < -0.39 is 5.60 Å². The number of carbonyl (C=O) groups is 1. The fourth-order valence-corrected chi connectivity index (χ4v) is 4.40. The minimum atomic E-state index is -0.674. The lowest BCUT2D eigenvalue weighted by Gasteiger charge is -2.31. The summed E-state index contributed by atoms with van der Waals surface area (Å²) in [7, 11) is 0. The molecule has 4 atom stereocenters. The molecule has 2 heteroatoms. The Morgan fingerprint density at radius 3 is 2.59 bits per heavy atom. The van der Waals surface area contributed by atoms with Crippen LogP contribution < -0.4 is 0 Å². The molecule has 0 amide bonds. The summed E-state index contributed by atoms with van der Waals surface area (Å²) in [5.41, 5.74) is 1.92. The van der Waals surface area contributed by atoms with Gasteiger partial charge in [0.15, 0.2) is 5.78 Å². The third kappa shape index (κ3) is 1.33. The van der Waals surface area contributed by atoms with Gasteiger partial charge < -0.3 is 5.11 Å². The highest BCUT2D eigenvalue weighted by atomic mass is 16.3. The molecule has 0 aromatic rings. The zero-order valence-electron chi connectivity index (χ0n) is 11.2. The standard InChI is InChI=1S/C15H22O2/c1-8-11(16)7-10-12(8)13-9(14(13,2)3)5-6-15(10,4)17/h9-10,13,17H,5-7H2,1-4H3/t9-,10+,13-,15+/m1/s1. The van der Waals surface area contributed by atoms with E-state index in [4.69, 9.17) is 0 Å². The highest BCUT2D eigenvalue weighted by Gasteiger charge is 2.64. The summed E-state index contributed by atoms with van der Waals surface area (Å²) >= 11 is 0. The minimum absolute atomic E-state index is 0.0896. The molecule has 0 bridgehead atoms. The Bertz CT molecular complexity index is 428. The van der Waals surface area contributed by atoms with Crippen LogP contribution in [0.4, 0.5) is 0 Å². The van der Waals surface area contributed by atoms with Gasteiger partial charge in [-0.15, -0.1) is 0 Å². The second-order valence-corrected chi connectivity index (χ2v) is 7.06. The Kier molecular flexibility index (Phi) is 2.04. The van der Waals surface area contributed by atoms with Gasteiger partial charge in [-0.05, 0) is 49.5 Å². The van der Waals surface area contributed by atoms with Gasteiger partial charge in [0.2, 0.25) is 0 Å². The Morgan fingerprint density at radius 2 is 1.94 bits per heavy atom. The second kappa shape index (κ2) is 3.03. The second-order valence-electron chi connectivity index (χ2n) is 7.06. The lowest BCUT2D eigenvalue weighted by Crippen LogP contribution is -2.35. The number of hydrogen-bond donors (Lipinski definition) is 1. The molecular formula is C15H22O2. The Morgan fingerprint density at radius 1 is 1.29 bits per heavy atom. The molecule has 0 aromatic carbocycles. The van der Waals surface area contributed by atoms with Gasteiger partial charge in [0.1, 0.15) is 0 Å². The molecule has 0 aliphatic heterocycles. The smallest absolute Gasteiger partial charge is 0.159 e. The first-order valence-corrected chi connectivity index (χ1v) is 6.73. The zero-order valence-corrected chi connectivity index (χ0v) is 11.2. The lowest BCUT2D eigenvalue weighted by atomic mass is 9.79. The number of allylic oxidation sites excluding steroid dienone is 1. The van der Waals surface area contributed by atoms with Crippen LogP contribution in [0.5, 0.6) is 0 Å². The monoisotopic (exact) mass is 234 g/mol. The van der Waals surface area contributed by atoms with E-state index in [1.54, 1.807) is 0 Å². The Balaban J connectivity index is 2.09. The fraction of sp³-hybridized carbons (Fsp3) is 0.800. The summed E-state index contributed by atoms with van der Waals surface area (Å²) in [5.74, 6) is 1.57. The van der Waals surface area contributed by atoms with Crippen molar-refractivity contribution in [3.8, 4) is 0 Å². The van der Waals surface area contributed by atoms with E-state index in [2.05, 4.69) is 13.8 Å². The SMILES string of the molecule is CC1=C2[C@H]3[C@@H](CC[C@](C)(O)[C@H]2CC1=O)C3(C)C. The zero-order chi connectivity index (χ0) is 12.6. The van der Waals surface area contributed by atoms with Crippen molar-refractivity contribution in [3.05, 3.63) is 11.1 Å². The van der Waals surface area contributed by atoms with Crippen LogP contribution in [0, 0.1) is 23.2 Å². The molecule has 1 N–H and O–H groups in total. The van der Waals surface area contributed by atoms with Gasteiger partial charge in [0.05, 0.1) is 5.60 Å². The molecule has 2 nitrogen and oxygen atoms in total. The predicted molar refractivity (Wildman–Crippen MR) is 66.4 cm³/mol. The summed E-state index contributed by atoms with van der Waals surface area (Å²) in [6.07, 6.45) is 2.48. The number of hydrogen-bond acceptors (Lipinski definition) is 2. The quantitative estimate of drug-likeness (QED) is 0.699. The third-order valence-electron chi connectivity index (χ3n) is 5.71. The maximum Gasteiger partial charge on any atom is 0.159 e. The van der Waals surface area contributed by atoms with Gasteiger partial charge in [-0.25, -0.2) is 0 Å². The molecule has 3 aliphatic rings. The average Bonchev–Trinajstić information content (AvgIpc) is 2.66. The molecule has 3 rings (SSSR count). The van der Waals surface area contributed by atoms with E-state index in [0.29, 0.717) is 23.7 Å². The Hall–Kier alpha value is -0.630. The van der Waals surface area contributed by atoms with Crippen molar-refractivity contribution in [2.75, 3.05) is 0 Å². The highest BCUT2D eigenvalue weighted by Crippen LogP contribution is 2.69. The van der Waals surface area contributed by atoms with Crippen LogP contribution in [0.15, 0.2) is 11.1 Å². The van der Waals surface area contributed by atoms with Crippen molar-refractivity contribution < 1.29 is 9.90 Å². The van der Waals surface area contributed by atoms with Gasteiger partial charge >= 0.3 is 0 Å². The summed E-state index contributed by atoms with van der Waals surface area (Å²) in [5, 5.41) is 10.6. The van der Waals surface area contributed by atoms with Gasteiger partial charge in [0, 0.05) is 12.3 Å². The average molecular weight is 234 g/mol. The van der Waals surface area contributed by atoms with Crippen LogP contribution in [-0.2, 0) is 4.79 Å². The fourth-order valence-electron chi connectivity index (χ4n) is 4.40. The summed E-state index contributed by atoms with van der Waals surface area (Å²) in [4.78, 5) is 11.9. The van der Waals surface area contributed by atoms with Crippen LogP contribution in [0.25, 0.3) is 0 Å². The van der Waals surface area contributed by atoms with Crippen molar-refractivity contribution in [1.29, 1.82) is 0 Å². The van der Waals surface area contributed by atoms with Gasteiger partial charge in [-0.1, -0.05) is 19.4 Å². The number of Topliss-reactive ketones (excluding diaryl/α,β-unsaturated/α-hetero) is 1. The lowest BCUT2D eigenvalue weighted by molar-refractivity contribution is -0.116. The van der Waals surface area contributed by atoms with E-state index >= 15 is 0 Å². The highest BCUT2D eigenvalue weighted by molar-refractivity contribution is 5.99. The molecule has 0 heterocycles. The largest absolute Gasteiger partial charge is 0.390 e. The van der Waals surface area contributed by atoms with E-state index in [1.807, 2.05) is 13.8 Å². The number of carbonyl (C=O) groups excluding carboxylic acids is 1. The summed E-state index contributed by atoms with van der Waals surface area (Å²) in [6, 6.07) is 0.